The van der Waals surface area contributed by atoms with E-state index in [4.69, 9.17) is 0 Å². The predicted molar refractivity (Wildman–Crippen MR) is 52.2 cm³/mol. The maximum absolute atomic E-state index is 11.3. The number of carbonyl (C=O) groups is 1. The lowest BCUT2D eigenvalue weighted by molar-refractivity contribution is -0.389. The number of amides is 1. The standard InChI is InChI=1S/C8H12N4O3/c1-6(2)9-8(13)5-11-4-3-7(10-11)12(14)15/h3-4,6H,5H2,1-2H3,(H,9,13). The molecule has 7 heteroatoms. The van der Waals surface area contributed by atoms with E-state index in [2.05, 4.69) is 10.4 Å². The lowest BCUT2D eigenvalue weighted by Gasteiger charge is -2.06. The summed E-state index contributed by atoms with van der Waals surface area (Å²) in [4.78, 5) is 21.0. The molecule has 0 bridgehead atoms. The molecule has 1 N–H and O–H groups in total. The summed E-state index contributed by atoms with van der Waals surface area (Å²) in [6, 6.07) is 1.30. The summed E-state index contributed by atoms with van der Waals surface area (Å²) in [5, 5.41) is 16.6. The zero-order valence-corrected chi connectivity index (χ0v) is 8.51. The van der Waals surface area contributed by atoms with Crippen LogP contribution in [0, 0.1) is 10.1 Å². The van der Waals surface area contributed by atoms with Gasteiger partial charge >= 0.3 is 5.82 Å². The molecule has 0 unspecified atom stereocenters. The van der Waals surface area contributed by atoms with Crippen molar-refractivity contribution in [2.75, 3.05) is 0 Å². The van der Waals surface area contributed by atoms with Gasteiger partial charge < -0.3 is 15.4 Å². The molecule has 1 amide bonds. The van der Waals surface area contributed by atoms with Crippen LogP contribution >= 0.6 is 0 Å². The van der Waals surface area contributed by atoms with Crippen LogP contribution < -0.4 is 5.32 Å². The second-order valence-corrected chi connectivity index (χ2v) is 3.35. The van der Waals surface area contributed by atoms with Crippen LogP contribution in [0.4, 0.5) is 5.82 Å². The summed E-state index contributed by atoms with van der Waals surface area (Å²) in [7, 11) is 0. The topological polar surface area (TPSA) is 90.1 Å². The van der Waals surface area contributed by atoms with Crippen LogP contribution in [0.15, 0.2) is 12.3 Å². The minimum Gasteiger partial charge on any atom is -0.358 e. The molecule has 0 saturated carbocycles. The Bertz CT molecular complexity index is 372. The van der Waals surface area contributed by atoms with Gasteiger partial charge in [0.1, 0.15) is 6.54 Å². The summed E-state index contributed by atoms with van der Waals surface area (Å²) in [5.74, 6) is -0.477. The number of hydrogen-bond acceptors (Lipinski definition) is 4. The van der Waals surface area contributed by atoms with Gasteiger partial charge in [-0.3, -0.25) is 4.79 Å². The molecule has 0 aliphatic carbocycles. The Balaban J connectivity index is 2.57. The third kappa shape index (κ3) is 3.37. The molecule has 0 atom stereocenters. The molecular formula is C8H12N4O3. The smallest absolute Gasteiger partial charge is 0.358 e. The van der Waals surface area contributed by atoms with Crippen molar-refractivity contribution in [2.24, 2.45) is 0 Å². The number of carbonyl (C=O) groups excluding carboxylic acids is 1. The third-order valence-corrected chi connectivity index (χ3v) is 1.57. The fourth-order valence-electron chi connectivity index (χ4n) is 1.05. The summed E-state index contributed by atoms with van der Waals surface area (Å²) in [5.41, 5.74) is 0. The fraction of sp³-hybridized carbons (Fsp3) is 0.500. The molecule has 0 fully saturated rings. The molecule has 1 rings (SSSR count). The largest absolute Gasteiger partial charge is 0.389 e. The molecule has 1 aromatic rings. The normalized spacial score (nSPS) is 10.3. The monoisotopic (exact) mass is 212 g/mol. The van der Waals surface area contributed by atoms with E-state index in [0.717, 1.165) is 0 Å². The van der Waals surface area contributed by atoms with Gasteiger partial charge in [0.05, 0.1) is 17.4 Å². The zero-order valence-electron chi connectivity index (χ0n) is 8.51. The summed E-state index contributed by atoms with van der Waals surface area (Å²) in [6.07, 6.45) is 1.40. The predicted octanol–water partition coefficient (Wildman–Crippen LogP) is 0.316. The average Bonchev–Trinajstić information content (AvgIpc) is 2.50. The number of aromatic nitrogens is 2. The summed E-state index contributed by atoms with van der Waals surface area (Å²) < 4.78 is 1.23. The van der Waals surface area contributed by atoms with E-state index in [1.807, 2.05) is 13.8 Å². The lowest BCUT2D eigenvalue weighted by Crippen LogP contribution is -2.33. The summed E-state index contributed by atoms with van der Waals surface area (Å²) in [6.45, 7) is 3.67. The first-order chi connectivity index (χ1) is 6.99. The van der Waals surface area contributed by atoms with E-state index < -0.39 is 4.92 Å². The quantitative estimate of drug-likeness (QED) is 0.574. The van der Waals surface area contributed by atoms with E-state index in [1.165, 1.54) is 16.9 Å². The van der Waals surface area contributed by atoms with Crippen LogP contribution in [-0.2, 0) is 11.3 Å². The van der Waals surface area contributed by atoms with Gasteiger partial charge in [-0.2, -0.15) is 4.68 Å². The van der Waals surface area contributed by atoms with Gasteiger partial charge in [0.2, 0.25) is 5.91 Å². The van der Waals surface area contributed by atoms with Crippen molar-refractivity contribution in [3.63, 3.8) is 0 Å². The first-order valence-corrected chi connectivity index (χ1v) is 4.46. The molecular weight excluding hydrogens is 200 g/mol. The van der Waals surface area contributed by atoms with Crippen LogP contribution in [-0.4, -0.2) is 26.7 Å². The molecule has 0 spiro atoms. The van der Waals surface area contributed by atoms with Crippen LogP contribution in [0.1, 0.15) is 13.8 Å². The molecule has 0 aromatic carbocycles. The highest BCUT2D eigenvalue weighted by Gasteiger charge is 2.13. The minimum atomic E-state index is -0.600. The fourth-order valence-corrected chi connectivity index (χ4v) is 1.05. The van der Waals surface area contributed by atoms with E-state index in [1.54, 1.807) is 0 Å². The highest BCUT2D eigenvalue weighted by molar-refractivity contribution is 5.75. The lowest BCUT2D eigenvalue weighted by atomic mass is 10.4. The second-order valence-electron chi connectivity index (χ2n) is 3.35. The Hall–Kier alpha value is -1.92. The molecule has 0 aliphatic heterocycles. The van der Waals surface area contributed by atoms with Crippen molar-refractivity contribution in [1.82, 2.24) is 15.1 Å². The zero-order chi connectivity index (χ0) is 11.4. The van der Waals surface area contributed by atoms with E-state index in [0.29, 0.717) is 0 Å². The van der Waals surface area contributed by atoms with Crippen molar-refractivity contribution in [2.45, 2.75) is 26.4 Å². The molecule has 0 saturated heterocycles. The van der Waals surface area contributed by atoms with Crippen molar-refractivity contribution in [3.05, 3.63) is 22.4 Å². The van der Waals surface area contributed by atoms with Gasteiger partial charge in [-0.25, -0.2) is 0 Å². The van der Waals surface area contributed by atoms with E-state index in [-0.39, 0.29) is 24.3 Å². The summed E-state index contributed by atoms with van der Waals surface area (Å²) >= 11 is 0. The second kappa shape index (κ2) is 4.54. The molecule has 0 aliphatic rings. The molecule has 0 radical (unpaired) electrons. The Kier molecular flexibility index (Phi) is 3.37. The van der Waals surface area contributed by atoms with Gasteiger partial charge in [0, 0.05) is 6.04 Å². The van der Waals surface area contributed by atoms with Gasteiger partial charge in [0.25, 0.3) is 0 Å². The van der Waals surface area contributed by atoms with Gasteiger partial charge in [-0.1, -0.05) is 0 Å². The van der Waals surface area contributed by atoms with Crippen molar-refractivity contribution in [1.29, 1.82) is 0 Å². The number of rotatable bonds is 4. The van der Waals surface area contributed by atoms with Crippen molar-refractivity contribution < 1.29 is 9.72 Å². The Morgan fingerprint density at radius 2 is 2.40 bits per heavy atom. The highest BCUT2D eigenvalue weighted by atomic mass is 16.6. The SMILES string of the molecule is CC(C)NC(=O)Cn1ccc([N+](=O)[O-])n1. The van der Waals surface area contributed by atoms with Gasteiger partial charge in [-0.05, 0) is 18.8 Å². The van der Waals surface area contributed by atoms with Crippen molar-refractivity contribution in [3.8, 4) is 0 Å². The number of hydrogen-bond donors (Lipinski definition) is 1. The van der Waals surface area contributed by atoms with Crippen LogP contribution in [0.2, 0.25) is 0 Å². The van der Waals surface area contributed by atoms with Crippen LogP contribution in [0.3, 0.4) is 0 Å². The minimum absolute atomic E-state index is 0.00792. The molecule has 82 valence electrons. The average molecular weight is 212 g/mol. The number of nitrogens with one attached hydrogen (secondary N) is 1. The first kappa shape index (κ1) is 11.2. The molecule has 7 nitrogen and oxygen atoms in total. The van der Waals surface area contributed by atoms with E-state index >= 15 is 0 Å². The first-order valence-electron chi connectivity index (χ1n) is 4.46. The van der Waals surface area contributed by atoms with Crippen molar-refractivity contribution >= 4 is 11.7 Å². The molecule has 1 heterocycles. The van der Waals surface area contributed by atoms with Gasteiger partial charge in [-0.15, -0.1) is 0 Å². The van der Waals surface area contributed by atoms with Gasteiger partial charge in [0.15, 0.2) is 0 Å². The Morgan fingerprint density at radius 3 is 2.87 bits per heavy atom. The number of nitro groups is 1. The number of nitrogens with zero attached hydrogens (tertiary/aromatic N) is 3. The molecule has 15 heavy (non-hydrogen) atoms. The van der Waals surface area contributed by atoms with Crippen LogP contribution in [0.25, 0.3) is 0 Å². The molecule has 1 aromatic heterocycles. The maximum Gasteiger partial charge on any atom is 0.389 e. The highest BCUT2D eigenvalue weighted by Crippen LogP contribution is 2.04. The Labute approximate surface area is 86.2 Å². The maximum atomic E-state index is 11.3. The Morgan fingerprint density at radius 1 is 1.73 bits per heavy atom. The van der Waals surface area contributed by atoms with E-state index in [9.17, 15) is 14.9 Å². The van der Waals surface area contributed by atoms with Crippen LogP contribution in [0.5, 0.6) is 0 Å². The third-order valence-electron chi connectivity index (χ3n) is 1.57.